The predicted molar refractivity (Wildman–Crippen MR) is 58.1 cm³/mol. The van der Waals surface area contributed by atoms with Gasteiger partial charge in [-0.05, 0) is 12.8 Å². The zero-order valence-corrected chi connectivity index (χ0v) is 10.4. The van der Waals surface area contributed by atoms with E-state index in [-0.39, 0.29) is 19.2 Å². The largest absolute Gasteiger partial charge is 0.466 e. The highest BCUT2D eigenvalue weighted by Gasteiger charge is 2.13. The molecule has 0 aromatic rings. The molecule has 0 fully saturated rings. The SMILES string of the molecule is CC(=O)OCCC[C@@H](COC(C)=O)OC(C)=O. The molecule has 0 heterocycles. The van der Waals surface area contributed by atoms with Gasteiger partial charge in [0.1, 0.15) is 12.7 Å². The first-order valence-corrected chi connectivity index (χ1v) is 5.35. The standard InChI is InChI=1S/C11H18O6/c1-8(12)15-6-4-5-11(17-10(3)14)7-16-9(2)13/h11H,4-7H2,1-3H3/t11-/m0/s1. The second kappa shape index (κ2) is 8.55. The zero-order chi connectivity index (χ0) is 13.3. The van der Waals surface area contributed by atoms with Crippen LogP contribution in [0.5, 0.6) is 0 Å². The monoisotopic (exact) mass is 246 g/mol. The number of carbonyl (C=O) groups excluding carboxylic acids is 3. The third-order valence-electron chi connectivity index (χ3n) is 1.78. The summed E-state index contributed by atoms with van der Waals surface area (Å²) in [6, 6.07) is 0. The van der Waals surface area contributed by atoms with E-state index in [1.807, 2.05) is 0 Å². The Hall–Kier alpha value is -1.59. The molecule has 0 bridgehead atoms. The third kappa shape index (κ3) is 10.7. The van der Waals surface area contributed by atoms with Crippen LogP contribution in [0.15, 0.2) is 0 Å². The molecule has 0 N–H and O–H groups in total. The molecule has 0 radical (unpaired) electrons. The highest BCUT2D eigenvalue weighted by molar-refractivity contribution is 5.67. The molecule has 6 nitrogen and oxygen atoms in total. The van der Waals surface area contributed by atoms with Crippen molar-refractivity contribution in [3.05, 3.63) is 0 Å². The number of hydrogen-bond donors (Lipinski definition) is 0. The van der Waals surface area contributed by atoms with Crippen molar-refractivity contribution >= 4 is 17.9 Å². The first-order valence-electron chi connectivity index (χ1n) is 5.35. The van der Waals surface area contributed by atoms with Gasteiger partial charge in [-0.1, -0.05) is 0 Å². The molecule has 0 amide bonds. The van der Waals surface area contributed by atoms with E-state index in [2.05, 4.69) is 0 Å². The topological polar surface area (TPSA) is 78.9 Å². The fraction of sp³-hybridized carbons (Fsp3) is 0.727. The Morgan fingerprint density at radius 2 is 1.53 bits per heavy atom. The van der Waals surface area contributed by atoms with Crippen molar-refractivity contribution in [1.29, 1.82) is 0 Å². The Balaban J connectivity index is 3.88. The lowest BCUT2D eigenvalue weighted by Crippen LogP contribution is -2.24. The molecule has 0 aliphatic heterocycles. The summed E-state index contributed by atoms with van der Waals surface area (Å²) in [5, 5.41) is 0. The number of ether oxygens (including phenoxy) is 3. The molecule has 0 saturated carbocycles. The molecule has 98 valence electrons. The molecule has 0 aromatic carbocycles. The molecule has 6 heteroatoms. The summed E-state index contributed by atoms with van der Waals surface area (Å²) in [5.74, 6) is -1.22. The van der Waals surface area contributed by atoms with E-state index in [1.54, 1.807) is 0 Å². The second-order valence-corrected chi connectivity index (χ2v) is 3.52. The maximum atomic E-state index is 10.8. The van der Waals surface area contributed by atoms with Crippen molar-refractivity contribution in [3.8, 4) is 0 Å². The minimum atomic E-state index is -0.494. The van der Waals surface area contributed by atoms with Crippen molar-refractivity contribution in [1.82, 2.24) is 0 Å². The van der Waals surface area contributed by atoms with Gasteiger partial charge in [0.25, 0.3) is 0 Å². The van der Waals surface area contributed by atoms with Crippen molar-refractivity contribution < 1.29 is 28.6 Å². The molecule has 0 saturated heterocycles. The van der Waals surface area contributed by atoms with Crippen molar-refractivity contribution in [2.45, 2.75) is 39.7 Å². The number of carbonyl (C=O) groups is 3. The van der Waals surface area contributed by atoms with Gasteiger partial charge in [0, 0.05) is 20.8 Å². The summed E-state index contributed by atoms with van der Waals surface area (Å²) in [7, 11) is 0. The van der Waals surface area contributed by atoms with Gasteiger partial charge >= 0.3 is 17.9 Å². The number of rotatable bonds is 7. The summed E-state index contributed by atoms with van der Waals surface area (Å²) in [4.78, 5) is 31.9. The zero-order valence-electron chi connectivity index (χ0n) is 10.4. The van der Waals surface area contributed by atoms with Crippen LogP contribution < -0.4 is 0 Å². The van der Waals surface area contributed by atoms with E-state index in [4.69, 9.17) is 14.2 Å². The Morgan fingerprint density at radius 3 is 2.00 bits per heavy atom. The van der Waals surface area contributed by atoms with Crippen LogP contribution in [0.25, 0.3) is 0 Å². The average Bonchev–Trinajstić information content (AvgIpc) is 2.19. The van der Waals surface area contributed by atoms with Gasteiger partial charge in [-0.2, -0.15) is 0 Å². The van der Waals surface area contributed by atoms with Gasteiger partial charge in [-0.3, -0.25) is 14.4 Å². The van der Waals surface area contributed by atoms with E-state index in [0.29, 0.717) is 12.8 Å². The first kappa shape index (κ1) is 15.4. The van der Waals surface area contributed by atoms with Gasteiger partial charge in [-0.15, -0.1) is 0 Å². The van der Waals surface area contributed by atoms with Crippen molar-refractivity contribution in [3.63, 3.8) is 0 Å². The molecule has 0 aromatic heterocycles. The fourth-order valence-corrected chi connectivity index (χ4v) is 1.15. The maximum Gasteiger partial charge on any atom is 0.303 e. The van der Waals surface area contributed by atoms with Crippen LogP contribution in [0.1, 0.15) is 33.6 Å². The van der Waals surface area contributed by atoms with Crippen molar-refractivity contribution in [2.75, 3.05) is 13.2 Å². The summed E-state index contributed by atoms with van der Waals surface area (Å²) in [5.41, 5.74) is 0. The summed E-state index contributed by atoms with van der Waals surface area (Å²) in [6.45, 7) is 4.17. The highest BCUT2D eigenvalue weighted by atomic mass is 16.6. The molecule has 0 spiro atoms. The Morgan fingerprint density at radius 1 is 0.941 bits per heavy atom. The number of esters is 3. The smallest absolute Gasteiger partial charge is 0.303 e. The fourth-order valence-electron chi connectivity index (χ4n) is 1.15. The first-order chi connectivity index (χ1) is 7.91. The molecule has 0 unspecified atom stereocenters. The molecule has 0 rings (SSSR count). The second-order valence-electron chi connectivity index (χ2n) is 3.52. The molecule has 0 aliphatic rings. The van der Waals surface area contributed by atoms with E-state index in [0.717, 1.165) is 0 Å². The molecule has 0 aliphatic carbocycles. The van der Waals surface area contributed by atoms with Crippen LogP contribution in [-0.4, -0.2) is 37.2 Å². The van der Waals surface area contributed by atoms with Crippen LogP contribution >= 0.6 is 0 Å². The molecular formula is C11H18O6. The highest BCUT2D eigenvalue weighted by Crippen LogP contribution is 2.04. The third-order valence-corrected chi connectivity index (χ3v) is 1.78. The normalized spacial score (nSPS) is 11.5. The Labute approximate surface area is 100 Å². The van der Waals surface area contributed by atoms with Crippen LogP contribution in [0, 0.1) is 0 Å². The van der Waals surface area contributed by atoms with Gasteiger partial charge in [-0.25, -0.2) is 0 Å². The van der Waals surface area contributed by atoms with Gasteiger partial charge < -0.3 is 14.2 Å². The summed E-state index contributed by atoms with van der Waals surface area (Å²) < 4.78 is 14.4. The minimum absolute atomic E-state index is 0.0228. The molecule has 17 heavy (non-hydrogen) atoms. The van der Waals surface area contributed by atoms with E-state index in [1.165, 1.54) is 20.8 Å². The maximum absolute atomic E-state index is 10.8. The average molecular weight is 246 g/mol. The van der Waals surface area contributed by atoms with E-state index in [9.17, 15) is 14.4 Å². The summed E-state index contributed by atoms with van der Waals surface area (Å²) >= 11 is 0. The minimum Gasteiger partial charge on any atom is -0.466 e. The van der Waals surface area contributed by atoms with Gasteiger partial charge in [0.2, 0.25) is 0 Å². The van der Waals surface area contributed by atoms with E-state index < -0.39 is 18.0 Å². The van der Waals surface area contributed by atoms with Crippen LogP contribution in [0.3, 0.4) is 0 Å². The lowest BCUT2D eigenvalue weighted by molar-refractivity contribution is -0.157. The van der Waals surface area contributed by atoms with Crippen LogP contribution in [-0.2, 0) is 28.6 Å². The van der Waals surface area contributed by atoms with Gasteiger partial charge in [0.05, 0.1) is 6.61 Å². The van der Waals surface area contributed by atoms with E-state index >= 15 is 0 Å². The van der Waals surface area contributed by atoms with Gasteiger partial charge in [0.15, 0.2) is 0 Å². The lowest BCUT2D eigenvalue weighted by atomic mass is 10.2. The predicted octanol–water partition coefficient (Wildman–Crippen LogP) is 0.825. The molecule has 1 atom stereocenters. The van der Waals surface area contributed by atoms with Crippen molar-refractivity contribution in [2.24, 2.45) is 0 Å². The summed E-state index contributed by atoms with van der Waals surface area (Å²) in [6.07, 6.45) is 0.519. The molecular weight excluding hydrogens is 228 g/mol. The Kier molecular flexibility index (Phi) is 7.75. The Bertz CT molecular complexity index is 273. The quantitative estimate of drug-likeness (QED) is 0.376. The van der Waals surface area contributed by atoms with Crippen LogP contribution in [0.2, 0.25) is 0 Å². The van der Waals surface area contributed by atoms with Crippen LogP contribution in [0.4, 0.5) is 0 Å². The number of hydrogen-bond acceptors (Lipinski definition) is 6. The lowest BCUT2D eigenvalue weighted by Gasteiger charge is -2.16.